The van der Waals surface area contributed by atoms with E-state index in [9.17, 15) is 14.7 Å². The molecule has 6 aliphatic rings. The van der Waals surface area contributed by atoms with E-state index in [0.717, 1.165) is 42.6 Å². The van der Waals surface area contributed by atoms with Crippen molar-refractivity contribution in [3.63, 3.8) is 0 Å². The topological polar surface area (TPSA) is 66.8 Å². The van der Waals surface area contributed by atoms with Gasteiger partial charge in [-0.25, -0.2) is 9.18 Å². The summed E-state index contributed by atoms with van der Waals surface area (Å²) in [7, 11) is 0. The Labute approximate surface area is 194 Å². The average molecular weight is 456 g/mol. The van der Waals surface area contributed by atoms with Crippen molar-refractivity contribution < 1.29 is 23.8 Å². The van der Waals surface area contributed by atoms with Crippen LogP contribution in [0.4, 0.5) is 4.39 Å². The van der Waals surface area contributed by atoms with E-state index in [0.29, 0.717) is 31.7 Å². The summed E-state index contributed by atoms with van der Waals surface area (Å²) in [6, 6.07) is 2.22. The second kappa shape index (κ2) is 7.99. The molecule has 6 fully saturated rings. The molecule has 4 bridgehead atoms. The molecule has 1 aliphatic heterocycles. The maximum atomic E-state index is 15.3. The van der Waals surface area contributed by atoms with Crippen LogP contribution in [0.2, 0.25) is 0 Å². The number of hydrogen-bond donors (Lipinski definition) is 1. The number of likely N-dealkylation sites (tertiary alicyclic amines) is 1. The van der Waals surface area contributed by atoms with E-state index >= 15 is 4.39 Å². The Balaban J connectivity index is 1.26. The van der Waals surface area contributed by atoms with Crippen molar-refractivity contribution in [2.45, 2.75) is 82.6 Å². The zero-order valence-corrected chi connectivity index (χ0v) is 19.2. The van der Waals surface area contributed by atoms with E-state index in [-0.39, 0.29) is 16.9 Å². The summed E-state index contributed by atoms with van der Waals surface area (Å²) in [6.45, 7) is 1.01. The minimum absolute atomic E-state index is 0.00722. The molecule has 1 unspecified atom stereocenters. The van der Waals surface area contributed by atoms with Gasteiger partial charge in [-0.05, 0) is 99.5 Å². The first kappa shape index (κ1) is 21.4. The van der Waals surface area contributed by atoms with Crippen molar-refractivity contribution in [2.24, 2.45) is 23.2 Å². The van der Waals surface area contributed by atoms with E-state index < -0.39 is 23.7 Å². The van der Waals surface area contributed by atoms with Gasteiger partial charge in [-0.3, -0.25) is 4.79 Å². The van der Waals surface area contributed by atoms with Crippen molar-refractivity contribution in [1.29, 1.82) is 0 Å². The third-order valence-corrected chi connectivity index (χ3v) is 9.37. The molecule has 6 heteroatoms. The first-order chi connectivity index (χ1) is 15.9. The molecule has 5 nitrogen and oxygen atoms in total. The zero-order valence-electron chi connectivity index (χ0n) is 19.2. The fourth-order valence-corrected chi connectivity index (χ4v) is 8.02. The molecule has 0 spiro atoms. The number of amides is 1. The van der Waals surface area contributed by atoms with Crippen LogP contribution >= 0.6 is 0 Å². The Bertz CT molecular complexity index is 936. The predicted molar refractivity (Wildman–Crippen MR) is 121 cm³/mol. The van der Waals surface area contributed by atoms with Gasteiger partial charge in [0.15, 0.2) is 0 Å². The summed E-state index contributed by atoms with van der Waals surface area (Å²) in [5.41, 5.74) is 1.16. The number of rotatable bonds is 6. The average Bonchev–Trinajstić information content (AvgIpc) is 3.21. The zero-order chi connectivity index (χ0) is 22.7. The highest BCUT2D eigenvalue weighted by Crippen LogP contribution is 2.60. The van der Waals surface area contributed by atoms with Crippen LogP contribution in [0.3, 0.4) is 0 Å². The number of halogens is 1. The highest BCUT2D eigenvalue weighted by molar-refractivity contribution is 5.97. The van der Waals surface area contributed by atoms with Gasteiger partial charge in [0.05, 0.1) is 12.2 Å². The van der Waals surface area contributed by atoms with Gasteiger partial charge in [-0.15, -0.1) is 0 Å². The number of carboxylic acid groups (broad SMARTS) is 1. The Hall–Kier alpha value is -2.11. The number of benzene rings is 1. The molecule has 1 aromatic carbocycles. The SMILES string of the molecule is O=C(O)C1CCCN1C(=O)c1cc(C2CCC2)c(OCC23CC4CC(CC(C4)C2)C3)cc1F. The third kappa shape index (κ3) is 3.74. The molecule has 1 amide bonds. The number of carbonyl (C=O) groups is 2. The standard InChI is InChI=1S/C27H34FNO4/c28-22-11-24(33-15-27-12-16-7-17(13-27)9-18(8-16)14-27)20(19-3-1-4-19)10-21(22)25(30)29-6-2-5-23(29)26(31)32/h10-11,16-19,23H,1-9,12-15H2,(H,31,32). The lowest BCUT2D eigenvalue weighted by molar-refractivity contribution is -0.141. The number of nitrogens with zero attached hydrogens (tertiary/aromatic N) is 1. The van der Waals surface area contributed by atoms with Crippen LogP contribution in [-0.2, 0) is 4.79 Å². The van der Waals surface area contributed by atoms with Crippen LogP contribution in [0.5, 0.6) is 5.75 Å². The van der Waals surface area contributed by atoms with E-state index in [4.69, 9.17) is 4.74 Å². The quantitative estimate of drug-likeness (QED) is 0.626. The van der Waals surface area contributed by atoms with Crippen LogP contribution < -0.4 is 4.74 Å². The lowest BCUT2D eigenvalue weighted by atomic mass is 9.50. The summed E-state index contributed by atoms with van der Waals surface area (Å²) in [4.78, 5) is 26.0. The maximum Gasteiger partial charge on any atom is 0.326 e. The molecule has 0 aromatic heterocycles. The predicted octanol–water partition coefficient (Wildman–Crippen LogP) is 5.38. The lowest BCUT2D eigenvalue weighted by Crippen LogP contribution is -2.48. The van der Waals surface area contributed by atoms with Gasteiger partial charge < -0.3 is 14.7 Å². The van der Waals surface area contributed by atoms with Crippen molar-refractivity contribution in [1.82, 2.24) is 4.90 Å². The largest absolute Gasteiger partial charge is 0.493 e. The molecule has 1 atom stereocenters. The lowest BCUT2D eigenvalue weighted by Gasteiger charge is -2.56. The Morgan fingerprint density at radius 2 is 1.70 bits per heavy atom. The van der Waals surface area contributed by atoms with Crippen molar-refractivity contribution in [3.05, 3.63) is 29.1 Å². The maximum absolute atomic E-state index is 15.3. The summed E-state index contributed by atoms with van der Waals surface area (Å²) >= 11 is 0. The van der Waals surface area contributed by atoms with Crippen molar-refractivity contribution in [2.75, 3.05) is 13.2 Å². The molecular formula is C27H34FNO4. The molecule has 1 aromatic rings. The van der Waals surface area contributed by atoms with E-state index in [1.165, 1.54) is 49.5 Å². The molecule has 1 saturated heterocycles. The molecule has 7 rings (SSSR count). The molecule has 1 N–H and O–H groups in total. The molecule has 1 heterocycles. The second-order valence-electron chi connectivity index (χ2n) is 11.7. The first-order valence-electron chi connectivity index (χ1n) is 12.9. The highest BCUT2D eigenvalue weighted by Gasteiger charge is 2.51. The Morgan fingerprint density at radius 1 is 1.03 bits per heavy atom. The number of ether oxygens (including phenoxy) is 1. The molecule has 5 aliphatic carbocycles. The number of aliphatic carboxylic acids is 1. The minimum atomic E-state index is -1.02. The summed E-state index contributed by atoms with van der Waals surface area (Å²) in [6.07, 6.45) is 12.1. The molecule has 33 heavy (non-hydrogen) atoms. The van der Waals surface area contributed by atoms with Gasteiger partial charge in [0.1, 0.15) is 17.6 Å². The van der Waals surface area contributed by atoms with E-state index in [1.807, 2.05) is 0 Å². The Kier molecular flexibility index (Phi) is 5.19. The van der Waals surface area contributed by atoms with Gasteiger partial charge in [0, 0.05) is 18.0 Å². The summed E-state index contributed by atoms with van der Waals surface area (Å²) in [5.74, 6) is 1.28. The van der Waals surface area contributed by atoms with Crippen LogP contribution in [0.15, 0.2) is 12.1 Å². The number of carboxylic acids is 1. The van der Waals surface area contributed by atoms with E-state index in [1.54, 1.807) is 6.07 Å². The van der Waals surface area contributed by atoms with Crippen molar-refractivity contribution >= 4 is 11.9 Å². The van der Waals surface area contributed by atoms with Crippen molar-refractivity contribution in [3.8, 4) is 5.75 Å². The smallest absolute Gasteiger partial charge is 0.326 e. The minimum Gasteiger partial charge on any atom is -0.493 e. The fraction of sp³-hybridized carbons (Fsp3) is 0.704. The highest BCUT2D eigenvalue weighted by atomic mass is 19.1. The third-order valence-electron chi connectivity index (χ3n) is 9.37. The monoisotopic (exact) mass is 455 g/mol. The van der Waals surface area contributed by atoms with Gasteiger partial charge in [-0.2, -0.15) is 0 Å². The van der Waals surface area contributed by atoms with Crippen LogP contribution in [0.1, 0.15) is 92.5 Å². The van der Waals surface area contributed by atoms with Gasteiger partial charge in [0.25, 0.3) is 5.91 Å². The Morgan fingerprint density at radius 3 is 2.27 bits per heavy atom. The van der Waals surface area contributed by atoms with Crippen LogP contribution in [0.25, 0.3) is 0 Å². The van der Waals surface area contributed by atoms with Crippen LogP contribution in [-0.4, -0.2) is 41.1 Å². The molecule has 5 saturated carbocycles. The summed E-state index contributed by atoms with van der Waals surface area (Å²) < 4.78 is 21.7. The number of hydrogen-bond acceptors (Lipinski definition) is 3. The molecular weight excluding hydrogens is 421 g/mol. The first-order valence-corrected chi connectivity index (χ1v) is 12.9. The normalized spacial score (nSPS) is 35.0. The second-order valence-corrected chi connectivity index (χ2v) is 11.7. The van der Waals surface area contributed by atoms with Crippen LogP contribution in [0, 0.1) is 29.0 Å². The van der Waals surface area contributed by atoms with E-state index in [2.05, 4.69) is 0 Å². The molecule has 178 valence electrons. The number of carbonyl (C=O) groups excluding carboxylic acids is 1. The fourth-order valence-electron chi connectivity index (χ4n) is 8.02. The summed E-state index contributed by atoms with van der Waals surface area (Å²) in [5, 5.41) is 9.46. The van der Waals surface area contributed by atoms with Gasteiger partial charge in [0.2, 0.25) is 0 Å². The van der Waals surface area contributed by atoms with Gasteiger partial charge >= 0.3 is 5.97 Å². The molecule has 0 radical (unpaired) electrons. The van der Waals surface area contributed by atoms with Gasteiger partial charge in [-0.1, -0.05) is 6.42 Å².